The van der Waals surface area contributed by atoms with Gasteiger partial charge in [-0.3, -0.25) is 0 Å². The van der Waals surface area contributed by atoms with Crippen LogP contribution in [0.15, 0.2) is 36.4 Å². The fourth-order valence-corrected chi connectivity index (χ4v) is 2.17. The van der Waals surface area contributed by atoms with Gasteiger partial charge in [-0.25, -0.2) is 0 Å². The highest BCUT2D eigenvalue weighted by Crippen LogP contribution is 2.32. The minimum Gasteiger partial charge on any atom is -0.497 e. The average molecular weight is 248 g/mol. The van der Waals surface area contributed by atoms with E-state index in [2.05, 4.69) is 13.5 Å². The largest absolute Gasteiger partial charge is 0.497 e. The summed E-state index contributed by atoms with van der Waals surface area (Å²) in [7, 11) is 1.65. The van der Waals surface area contributed by atoms with Crippen LogP contribution in [0.25, 0.3) is 0 Å². The molecule has 18 heavy (non-hydrogen) atoms. The van der Waals surface area contributed by atoms with E-state index in [0.29, 0.717) is 12.5 Å². The molecule has 1 aromatic rings. The van der Waals surface area contributed by atoms with Crippen molar-refractivity contribution in [3.63, 3.8) is 0 Å². The zero-order valence-electron chi connectivity index (χ0n) is 11.2. The molecule has 0 radical (unpaired) electrons. The van der Waals surface area contributed by atoms with Crippen molar-refractivity contribution in [2.45, 2.75) is 26.2 Å². The molecule has 0 aliphatic carbocycles. The summed E-state index contributed by atoms with van der Waals surface area (Å²) in [5, 5.41) is 0. The number of rotatable bonds is 3. The van der Waals surface area contributed by atoms with E-state index < -0.39 is 0 Å². The van der Waals surface area contributed by atoms with Gasteiger partial charge in [0.05, 0.1) is 19.8 Å². The van der Waals surface area contributed by atoms with Crippen molar-refractivity contribution in [3.05, 3.63) is 42.0 Å². The molecule has 1 aromatic carbocycles. The monoisotopic (exact) mass is 248 g/mol. The van der Waals surface area contributed by atoms with Crippen LogP contribution in [-0.2, 0) is 9.47 Å². The standard InChI is InChI=1S/C15H20O3/c1-10(2)14-11(3)9-17-15(18-14)12-5-7-13(16-4)8-6-12/h5-8,11,14-15H,1,9H2,2-4H3/t11-,14+,15?/m1/s1. The van der Waals surface area contributed by atoms with Crippen molar-refractivity contribution in [1.82, 2.24) is 0 Å². The molecule has 3 heteroatoms. The van der Waals surface area contributed by atoms with E-state index in [1.54, 1.807) is 7.11 Å². The van der Waals surface area contributed by atoms with Gasteiger partial charge in [0.25, 0.3) is 0 Å². The lowest BCUT2D eigenvalue weighted by Crippen LogP contribution is -2.35. The molecule has 0 amide bonds. The Labute approximate surface area is 108 Å². The lowest BCUT2D eigenvalue weighted by Gasteiger charge is -2.35. The van der Waals surface area contributed by atoms with Crippen LogP contribution in [0.1, 0.15) is 25.7 Å². The molecule has 3 nitrogen and oxygen atoms in total. The van der Waals surface area contributed by atoms with E-state index in [-0.39, 0.29) is 12.4 Å². The van der Waals surface area contributed by atoms with Gasteiger partial charge in [-0.2, -0.15) is 0 Å². The summed E-state index contributed by atoms with van der Waals surface area (Å²) in [5.74, 6) is 1.18. The van der Waals surface area contributed by atoms with Gasteiger partial charge in [-0.05, 0) is 19.1 Å². The Kier molecular flexibility index (Phi) is 4.04. The molecule has 98 valence electrons. The Morgan fingerprint density at radius 3 is 2.56 bits per heavy atom. The second-order valence-corrected chi connectivity index (χ2v) is 4.82. The van der Waals surface area contributed by atoms with Crippen molar-refractivity contribution in [1.29, 1.82) is 0 Å². The van der Waals surface area contributed by atoms with Crippen LogP contribution in [0.5, 0.6) is 5.75 Å². The van der Waals surface area contributed by atoms with E-state index in [1.807, 2.05) is 31.2 Å². The second kappa shape index (κ2) is 5.55. The highest BCUT2D eigenvalue weighted by Gasteiger charge is 2.30. The maximum Gasteiger partial charge on any atom is 0.184 e. The average Bonchev–Trinajstić information content (AvgIpc) is 2.39. The summed E-state index contributed by atoms with van der Waals surface area (Å²) in [4.78, 5) is 0. The summed E-state index contributed by atoms with van der Waals surface area (Å²) >= 11 is 0. The van der Waals surface area contributed by atoms with Crippen molar-refractivity contribution < 1.29 is 14.2 Å². The molecule has 1 aliphatic rings. The third-order valence-corrected chi connectivity index (χ3v) is 3.17. The maximum absolute atomic E-state index is 5.96. The molecule has 0 spiro atoms. The number of hydrogen-bond donors (Lipinski definition) is 0. The molecule has 1 aliphatic heterocycles. The third kappa shape index (κ3) is 2.74. The van der Waals surface area contributed by atoms with Gasteiger partial charge in [-0.1, -0.05) is 31.2 Å². The molecular weight excluding hydrogens is 228 g/mol. The van der Waals surface area contributed by atoms with Crippen molar-refractivity contribution in [3.8, 4) is 5.75 Å². The normalized spacial score (nSPS) is 27.8. The zero-order chi connectivity index (χ0) is 13.1. The van der Waals surface area contributed by atoms with Crippen LogP contribution in [0.4, 0.5) is 0 Å². The summed E-state index contributed by atoms with van der Waals surface area (Å²) in [6, 6.07) is 7.76. The summed E-state index contributed by atoms with van der Waals surface area (Å²) < 4.78 is 16.8. The minimum atomic E-state index is -0.311. The van der Waals surface area contributed by atoms with Crippen LogP contribution >= 0.6 is 0 Å². The van der Waals surface area contributed by atoms with Gasteiger partial charge < -0.3 is 14.2 Å². The lowest BCUT2D eigenvalue weighted by atomic mass is 9.98. The van der Waals surface area contributed by atoms with Crippen LogP contribution in [-0.4, -0.2) is 19.8 Å². The lowest BCUT2D eigenvalue weighted by molar-refractivity contribution is -0.228. The first-order valence-corrected chi connectivity index (χ1v) is 6.18. The number of methoxy groups -OCH3 is 1. The van der Waals surface area contributed by atoms with E-state index in [0.717, 1.165) is 16.9 Å². The van der Waals surface area contributed by atoms with E-state index in [1.165, 1.54) is 0 Å². The number of hydrogen-bond acceptors (Lipinski definition) is 3. The molecule has 0 N–H and O–H groups in total. The minimum absolute atomic E-state index is 0.0610. The van der Waals surface area contributed by atoms with Gasteiger partial charge in [0.2, 0.25) is 0 Å². The molecule has 0 aromatic heterocycles. The SMILES string of the molecule is C=C(C)[C@@H]1OC(c2ccc(OC)cc2)OC[C@H]1C. The van der Waals surface area contributed by atoms with Gasteiger partial charge in [0.1, 0.15) is 5.75 Å². The first-order valence-electron chi connectivity index (χ1n) is 6.18. The van der Waals surface area contributed by atoms with Crippen molar-refractivity contribution in [2.24, 2.45) is 5.92 Å². The van der Waals surface area contributed by atoms with Crippen LogP contribution < -0.4 is 4.74 Å². The molecule has 0 bridgehead atoms. The Morgan fingerprint density at radius 2 is 2.00 bits per heavy atom. The highest BCUT2D eigenvalue weighted by molar-refractivity contribution is 5.28. The van der Waals surface area contributed by atoms with Gasteiger partial charge in [0, 0.05) is 11.5 Å². The van der Waals surface area contributed by atoms with Gasteiger partial charge >= 0.3 is 0 Å². The van der Waals surface area contributed by atoms with Crippen molar-refractivity contribution >= 4 is 0 Å². The van der Waals surface area contributed by atoms with E-state index >= 15 is 0 Å². The second-order valence-electron chi connectivity index (χ2n) is 4.82. The number of benzene rings is 1. The van der Waals surface area contributed by atoms with E-state index in [9.17, 15) is 0 Å². The summed E-state index contributed by atoms with van der Waals surface area (Å²) in [6.45, 7) is 8.79. The van der Waals surface area contributed by atoms with E-state index in [4.69, 9.17) is 14.2 Å². The predicted molar refractivity (Wildman–Crippen MR) is 70.5 cm³/mol. The molecule has 1 heterocycles. The fraction of sp³-hybridized carbons (Fsp3) is 0.467. The topological polar surface area (TPSA) is 27.7 Å². The predicted octanol–water partition coefficient (Wildman–Crippen LogP) is 3.32. The molecular formula is C15H20O3. The molecule has 1 saturated heterocycles. The Hall–Kier alpha value is -1.32. The highest BCUT2D eigenvalue weighted by atomic mass is 16.7. The Balaban J connectivity index is 2.11. The first kappa shape index (κ1) is 13.1. The molecule has 3 atom stereocenters. The molecule has 1 unspecified atom stereocenters. The Bertz CT molecular complexity index is 410. The Morgan fingerprint density at radius 1 is 1.33 bits per heavy atom. The molecule has 1 fully saturated rings. The zero-order valence-corrected chi connectivity index (χ0v) is 11.2. The smallest absolute Gasteiger partial charge is 0.184 e. The molecule has 0 saturated carbocycles. The van der Waals surface area contributed by atoms with Crippen LogP contribution in [0.3, 0.4) is 0 Å². The van der Waals surface area contributed by atoms with Crippen molar-refractivity contribution in [2.75, 3.05) is 13.7 Å². The first-order chi connectivity index (χ1) is 8.61. The summed E-state index contributed by atoms with van der Waals surface area (Å²) in [6.07, 6.45) is -0.250. The fourth-order valence-electron chi connectivity index (χ4n) is 2.17. The number of ether oxygens (including phenoxy) is 3. The van der Waals surface area contributed by atoms with Gasteiger partial charge in [0.15, 0.2) is 6.29 Å². The van der Waals surface area contributed by atoms with Crippen LogP contribution in [0.2, 0.25) is 0 Å². The summed E-state index contributed by atoms with van der Waals surface area (Å²) in [5.41, 5.74) is 2.05. The van der Waals surface area contributed by atoms with Crippen LogP contribution in [0, 0.1) is 5.92 Å². The van der Waals surface area contributed by atoms with Gasteiger partial charge in [-0.15, -0.1) is 0 Å². The quantitative estimate of drug-likeness (QED) is 0.768. The molecule has 2 rings (SSSR count). The maximum atomic E-state index is 5.96. The third-order valence-electron chi connectivity index (χ3n) is 3.17.